The zero-order chi connectivity index (χ0) is 23.2. The lowest BCUT2D eigenvalue weighted by molar-refractivity contribution is -0.115. The Morgan fingerprint density at radius 3 is 2.21 bits per heavy atom. The predicted octanol–water partition coefficient (Wildman–Crippen LogP) is 5.22. The molecule has 1 heterocycles. The fourth-order valence-corrected chi connectivity index (χ4v) is 4.39. The van der Waals surface area contributed by atoms with Crippen molar-refractivity contribution in [3.8, 4) is 11.4 Å². The summed E-state index contributed by atoms with van der Waals surface area (Å²) in [5.74, 6) is 1.76. The zero-order valence-corrected chi connectivity index (χ0v) is 19.7. The molecule has 0 fully saturated rings. The molecule has 0 saturated heterocycles. The number of aryl methyl sites for hydroxylation is 2. The van der Waals surface area contributed by atoms with Crippen molar-refractivity contribution in [1.82, 2.24) is 14.8 Å². The highest BCUT2D eigenvalue weighted by molar-refractivity contribution is 7.99. The normalized spacial score (nSPS) is 10.8. The van der Waals surface area contributed by atoms with Crippen LogP contribution in [-0.4, -0.2) is 33.5 Å². The Labute approximate surface area is 198 Å². The van der Waals surface area contributed by atoms with Gasteiger partial charge in [-0.3, -0.25) is 9.36 Å². The van der Waals surface area contributed by atoms with E-state index in [1.165, 1.54) is 11.8 Å². The maximum Gasteiger partial charge on any atom is 0.237 e. The van der Waals surface area contributed by atoms with Gasteiger partial charge in [0.2, 0.25) is 5.91 Å². The number of carbonyl (C=O) groups excluding carboxylic acids is 1. The number of hydrogen-bond acceptors (Lipinski definition) is 5. The topological polar surface area (TPSA) is 60.3 Å². The first-order valence-corrected chi connectivity index (χ1v) is 11.7. The summed E-state index contributed by atoms with van der Waals surface area (Å²) in [6, 6.07) is 25.6. The molecular formula is C26H26N4O2S. The lowest BCUT2D eigenvalue weighted by Gasteiger charge is -2.17. The van der Waals surface area contributed by atoms with Gasteiger partial charge in [0.1, 0.15) is 12.4 Å². The van der Waals surface area contributed by atoms with E-state index >= 15 is 0 Å². The highest BCUT2D eigenvalue weighted by Crippen LogP contribution is 2.26. The highest BCUT2D eigenvalue weighted by atomic mass is 32.2. The number of thioether (sulfide) groups is 1. The fraction of sp³-hybridized carbons (Fsp3) is 0.192. The molecule has 0 radical (unpaired) electrons. The molecule has 33 heavy (non-hydrogen) atoms. The maximum atomic E-state index is 12.8. The third-order valence-corrected chi connectivity index (χ3v) is 6.23. The first-order valence-electron chi connectivity index (χ1n) is 10.7. The zero-order valence-electron chi connectivity index (χ0n) is 18.9. The van der Waals surface area contributed by atoms with Gasteiger partial charge in [0.25, 0.3) is 0 Å². The van der Waals surface area contributed by atoms with Crippen LogP contribution in [0.3, 0.4) is 0 Å². The summed E-state index contributed by atoms with van der Waals surface area (Å²) in [5, 5.41) is 9.42. The molecular weight excluding hydrogens is 432 g/mol. The quantitative estimate of drug-likeness (QED) is 0.339. The average molecular weight is 459 g/mol. The van der Waals surface area contributed by atoms with Crippen molar-refractivity contribution in [3.63, 3.8) is 0 Å². The molecule has 0 aliphatic carbocycles. The van der Waals surface area contributed by atoms with E-state index in [9.17, 15) is 4.79 Å². The molecule has 4 rings (SSSR count). The molecule has 0 aliphatic heterocycles. The number of para-hydroxylation sites is 3. The second-order valence-electron chi connectivity index (χ2n) is 7.66. The summed E-state index contributed by atoms with van der Waals surface area (Å²) in [5.41, 5.74) is 3.93. The van der Waals surface area contributed by atoms with Crippen LogP contribution in [0.15, 0.2) is 84.0 Å². The molecule has 0 bridgehead atoms. The number of amides is 1. The SMILES string of the molecule is Cc1cccc(C)c1OCc1nnc(SCC(=O)N(C)c2ccccc2)n1-c1ccccc1. The molecule has 6 nitrogen and oxygen atoms in total. The van der Waals surface area contributed by atoms with Gasteiger partial charge in [0.05, 0.1) is 5.75 Å². The molecule has 7 heteroatoms. The van der Waals surface area contributed by atoms with Crippen LogP contribution in [0.1, 0.15) is 17.0 Å². The van der Waals surface area contributed by atoms with Gasteiger partial charge in [0.15, 0.2) is 11.0 Å². The molecule has 4 aromatic rings. The number of benzene rings is 3. The minimum Gasteiger partial charge on any atom is -0.485 e. The Morgan fingerprint density at radius 2 is 1.55 bits per heavy atom. The molecule has 0 spiro atoms. The van der Waals surface area contributed by atoms with Crippen molar-refractivity contribution in [2.45, 2.75) is 25.6 Å². The van der Waals surface area contributed by atoms with Gasteiger partial charge in [-0.2, -0.15) is 0 Å². The number of rotatable bonds is 8. The second kappa shape index (κ2) is 10.4. The van der Waals surface area contributed by atoms with Gasteiger partial charge in [-0.1, -0.05) is 66.4 Å². The Hall–Kier alpha value is -3.58. The van der Waals surface area contributed by atoms with Crippen LogP contribution in [0, 0.1) is 13.8 Å². The first-order chi connectivity index (χ1) is 16.0. The lowest BCUT2D eigenvalue weighted by atomic mass is 10.1. The second-order valence-corrected chi connectivity index (χ2v) is 8.60. The van der Waals surface area contributed by atoms with Crippen LogP contribution in [0.4, 0.5) is 5.69 Å². The molecule has 0 aliphatic rings. The summed E-state index contributed by atoms with van der Waals surface area (Å²) >= 11 is 1.36. The van der Waals surface area contributed by atoms with Crippen LogP contribution in [-0.2, 0) is 11.4 Å². The lowest BCUT2D eigenvalue weighted by Crippen LogP contribution is -2.27. The summed E-state index contributed by atoms with van der Waals surface area (Å²) in [4.78, 5) is 14.4. The number of ether oxygens (including phenoxy) is 1. The Bertz CT molecular complexity index is 1210. The van der Waals surface area contributed by atoms with Gasteiger partial charge in [-0.15, -0.1) is 10.2 Å². The van der Waals surface area contributed by atoms with E-state index in [-0.39, 0.29) is 18.3 Å². The van der Waals surface area contributed by atoms with Crippen LogP contribution in [0.5, 0.6) is 5.75 Å². The van der Waals surface area contributed by atoms with Gasteiger partial charge < -0.3 is 9.64 Å². The van der Waals surface area contributed by atoms with E-state index in [1.54, 1.807) is 11.9 Å². The number of carbonyl (C=O) groups is 1. The Morgan fingerprint density at radius 1 is 0.909 bits per heavy atom. The van der Waals surface area contributed by atoms with Gasteiger partial charge >= 0.3 is 0 Å². The number of hydrogen-bond donors (Lipinski definition) is 0. The summed E-state index contributed by atoms with van der Waals surface area (Å²) < 4.78 is 8.10. The van der Waals surface area contributed by atoms with Crippen molar-refractivity contribution in [1.29, 1.82) is 0 Å². The largest absolute Gasteiger partial charge is 0.485 e. The van der Waals surface area contributed by atoms with E-state index < -0.39 is 0 Å². The fourth-order valence-electron chi connectivity index (χ4n) is 3.51. The molecule has 3 aromatic carbocycles. The summed E-state index contributed by atoms with van der Waals surface area (Å²) in [7, 11) is 1.78. The van der Waals surface area contributed by atoms with Gasteiger partial charge in [-0.05, 0) is 49.2 Å². The summed E-state index contributed by atoms with van der Waals surface area (Å²) in [6.07, 6.45) is 0. The van der Waals surface area contributed by atoms with E-state index in [4.69, 9.17) is 4.74 Å². The van der Waals surface area contributed by atoms with Crippen molar-refractivity contribution in [2.24, 2.45) is 0 Å². The molecule has 0 N–H and O–H groups in total. The van der Waals surface area contributed by atoms with Crippen molar-refractivity contribution in [3.05, 3.63) is 95.8 Å². The molecule has 0 saturated carbocycles. The predicted molar refractivity (Wildman–Crippen MR) is 132 cm³/mol. The van der Waals surface area contributed by atoms with Gasteiger partial charge in [-0.25, -0.2) is 0 Å². The van der Waals surface area contributed by atoms with E-state index in [0.29, 0.717) is 11.0 Å². The average Bonchev–Trinajstić information content (AvgIpc) is 3.25. The number of nitrogens with zero attached hydrogens (tertiary/aromatic N) is 4. The maximum absolute atomic E-state index is 12.8. The van der Waals surface area contributed by atoms with Crippen LogP contribution < -0.4 is 9.64 Å². The van der Waals surface area contributed by atoms with Crippen LogP contribution >= 0.6 is 11.8 Å². The number of anilines is 1. The first kappa shape index (κ1) is 22.6. The monoisotopic (exact) mass is 458 g/mol. The molecule has 0 atom stereocenters. The molecule has 1 aromatic heterocycles. The minimum absolute atomic E-state index is 0.0119. The van der Waals surface area contributed by atoms with E-state index in [2.05, 4.69) is 10.2 Å². The van der Waals surface area contributed by atoms with Gasteiger partial charge in [0, 0.05) is 18.4 Å². The Kier molecular flexibility index (Phi) is 7.10. The molecule has 1 amide bonds. The van der Waals surface area contributed by atoms with Crippen LogP contribution in [0.25, 0.3) is 5.69 Å². The third-order valence-electron chi connectivity index (χ3n) is 5.31. The Balaban J connectivity index is 1.54. The van der Waals surface area contributed by atoms with Crippen LogP contribution in [0.2, 0.25) is 0 Å². The van der Waals surface area contributed by atoms with Crippen molar-refractivity contribution >= 4 is 23.4 Å². The van der Waals surface area contributed by atoms with Crippen molar-refractivity contribution < 1.29 is 9.53 Å². The van der Waals surface area contributed by atoms with E-state index in [0.717, 1.165) is 28.3 Å². The summed E-state index contributed by atoms with van der Waals surface area (Å²) in [6.45, 7) is 4.33. The van der Waals surface area contributed by atoms with Crippen molar-refractivity contribution in [2.75, 3.05) is 17.7 Å². The standard InChI is InChI=1S/C26H26N4O2S/c1-19-11-10-12-20(2)25(19)32-17-23-27-28-26(30(23)22-15-8-5-9-16-22)33-18-24(31)29(3)21-13-6-4-7-14-21/h4-16H,17-18H2,1-3H3. The molecule has 168 valence electrons. The molecule has 0 unspecified atom stereocenters. The number of aromatic nitrogens is 3. The highest BCUT2D eigenvalue weighted by Gasteiger charge is 2.18. The van der Waals surface area contributed by atoms with E-state index in [1.807, 2.05) is 97.3 Å². The minimum atomic E-state index is -0.0119. The third kappa shape index (κ3) is 5.26. The smallest absolute Gasteiger partial charge is 0.237 e.